The van der Waals surface area contributed by atoms with Crippen LogP contribution in [0.5, 0.6) is 17.2 Å². The second-order valence-corrected chi connectivity index (χ2v) is 13.9. The standard InChI is InChI=1S/C36H40O9P2/c1-6-41-46(37,42-7-2)33-24-28-15-11-13-17-31(28)35(36(33)40-25-26-18-21-29(39-5)22-19-26)34-30-16-12-10-14-27(30)20-23-32(34)45-47(38,43-8-3)44-9-4/h10-24H,6-9,25H2,1-5H3. The molecule has 0 saturated heterocycles. The summed E-state index contributed by atoms with van der Waals surface area (Å²) < 4.78 is 69.6. The Balaban J connectivity index is 1.87. The number of ether oxygens (including phenoxy) is 2. The Labute approximate surface area is 275 Å². The summed E-state index contributed by atoms with van der Waals surface area (Å²) in [7, 11) is -6.35. The van der Waals surface area contributed by atoms with E-state index in [4.69, 9.17) is 32.1 Å². The molecule has 0 fully saturated rings. The fraction of sp³-hybridized carbons (Fsp3) is 0.278. The molecule has 0 radical (unpaired) electrons. The molecule has 5 aromatic rings. The summed E-state index contributed by atoms with van der Waals surface area (Å²) in [6, 6.07) is 28.4. The number of phosphoric ester groups is 1. The van der Waals surface area contributed by atoms with Crippen LogP contribution >= 0.6 is 15.4 Å². The van der Waals surface area contributed by atoms with Gasteiger partial charge in [-0.2, -0.15) is 0 Å². The van der Waals surface area contributed by atoms with Gasteiger partial charge in [-0.15, -0.1) is 0 Å². The average Bonchev–Trinajstić information content (AvgIpc) is 3.07. The fourth-order valence-corrected chi connectivity index (χ4v) is 8.38. The third-order valence-corrected chi connectivity index (χ3v) is 11.0. The third kappa shape index (κ3) is 7.57. The van der Waals surface area contributed by atoms with Crippen LogP contribution in [0.25, 0.3) is 32.7 Å². The topological polar surface area (TPSA) is 98.8 Å². The summed E-state index contributed by atoms with van der Waals surface area (Å²) in [6.45, 7) is 7.61. The fourth-order valence-electron chi connectivity index (χ4n) is 5.42. The van der Waals surface area contributed by atoms with E-state index in [9.17, 15) is 9.13 Å². The zero-order valence-corrected chi connectivity index (χ0v) is 29.1. The van der Waals surface area contributed by atoms with Gasteiger partial charge in [0.05, 0.1) is 33.5 Å². The first-order chi connectivity index (χ1) is 22.8. The Bertz CT molecular complexity index is 1900. The van der Waals surface area contributed by atoms with Gasteiger partial charge in [0.1, 0.15) is 29.2 Å². The molecule has 0 aliphatic rings. The van der Waals surface area contributed by atoms with Gasteiger partial charge in [0.2, 0.25) is 0 Å². The van der Waals surface area contributed by atoms with Crippen molar-refractivity contribution in [3.63, 3.8) is 0 Å². The Kier molecular flexibility index (Phi) is 11.4. The third-order valence-electron chi connectivity index (χ3n) is 7.34. The van der Waals surface area contributed by atoms with Crippen molar-refractivity contribution < 1.29 is 41.2 Å². The van der Waals surface area contributed by atoms with E-state index in [1.807, 2.05) is 78.9 Å². The smallest absolute Gasteiger partial charge is 0.497 e. The summed E-state index contributed by atoms with van der Waals surface area (Å²) in [5.74, 6) is 1.24. The molecule has 0 atom stereocenters. The van der Waals surface area contributed by atoms with Gasteiger partial charge in [-0.25, -0.2) is 4.57 Å². The molecule has 5 rings (SSSR count). The summed E-state index contributed by atoms with van der Waals surface area (Å²) in [5, 5.41) is 3.49. The van der Waals surface area contributed by atoms with Crippen molar-refractivity contribution in [3.8, 4) is 28.4 Å². The molecule has 248 valence electrons. The Morgan fingerprint density at radius 3 is 1.79 bits per heavy atom. The highest BCUT2D eigenvalue weighted by Gasteiger charge is 2.36. The van der Waals surface area contributed by atoms with Crippen molar-refractivity contribution in [1.29, 1.82) is 0 Å². The zero-order valence-electron chi connectivity index (χ0n) is 27.3. The number of benzene rings is 5. The second-order valence-electron chi connectivity index (χ2n) is 10.3. The van der Waals surface area contributed by atoms with E-state index in [1.165, 1.54) is 0 Å². The Hall–Kier alpha value is -3.68. The minimum atomic E-state index is -4.04. The predicted octanol–water partition coefficient (Wildman–Crippen LogP) is 9.70. The van der Waals surface area contributed by atoms with E-state index in [0.29, 0.717) is 16.9 Å². The first kappa shape index (κ1) is 34.6. The number of methoxy groups -OCH3 is 1. The molecule has 0 bridgehead atoms. The average molecular weight is 679 g/mol. The molecule has 0 amide bonds. The molecule has 0 spiro atoms. The number of hydrogen-bond donors (Lipinski definition) is 0. The molecule has 47 heavy (non-hydrogen) atoms. The maximum Gasteiger partial charge on any atom is 0.530 e. The van der Waals surface area contributed by atoms with Crippen LogP contribution in [0.3, 0.4) is 0 Å². The van der Waals surface area contributed by atoms with E-state index in [2.05, 4.69) is 0 Å². The Morgan fingerprint density at radius 1 is 0.617 bits per heavy atom. The van der Waals surface area contributed by atoms with Gasteiger partial charge >= 0.3 is 15.4 Å². The lowest BCUT2D eigenvalue weighted by molar-refractivity contribution is 0.168. The van der Waals surface area contributed by atoms with Crippen molar-refractivity contribution >= 4 is 42.3 Å². The van der Waals surface area contributed by atoms with Crippen LogP contribution < -0.4 is 19.3 Å². The lowest BCUT2D eigenvalue weighted by Gasteiger charge is -2.26. The van der Waals surface area contributed by atoms with E-state index >= 15 is 0 Å². The molecule has 9 nitrogen and oxygen atoms in total. The number of phosphoric acid groups is 1. The van der Waals surface area contributed by atoms with Gasteiger partial charge in [-0.1, -0.05) is 66.7 Å². The quantitative estimate of drug-likeness (QED) is 0.0945. The SMILES string of the molecule is CCOP(=O)(OCC)Oc1ccc2ccccc2c1-c1c(OCc2ccc(OC)cc2)c(P(=O)(OCC)OCC)cc2ccccc12. The van der Waals surface area contributed by atoms with Gasteiger partial charge in [-0.3, -0.25) is 13.6 Å². The monoisotopic (exact) mass is 678 g/mol. The maximum atomic E-state index is 14.6. The highest BCUT2D eigenvalue weighted by molar-refractivity contribution is 7.62. The zero-order chi connectivity index (χ0) is 33.4. The van der Waals surface area contributed by atoms with E-state index in [-0.39, 0.29) is 49.8 Å². The maximum absolute atomic E-state index is 14.6. The molecule has 0 unspecified atom stereocenters. The number of rotatable bonds is 16. The molecule has 0 heterocycles. The van der Waals surface area contributed by atoms with Gasteiger partial charge in [0, 0.05) is 11.1 Å². The highest BCUT2D eigenvalue weighted by Crippen LogP contribution is 2.57. The molecular formula is C36H40O9P2. The van der Waals surface area contributed by atoms with Crippen LogP contribution in [-0.4, -0.2) is 33.5 Å². The largest absolute Gasteiger partial charge is 0.530 e. The molecule has 0 saturated carbocycles. The van der Waals surface area contributed by atoms with Gasteiger partial charge in [-0.05, 0) is 79.1 Å². The minimum Gasteiger partial charge on any atom is -0.497 e. The predicted molar refractivity (Wildman–Crippen MR) is 186 cm³/mol. The minimum absolute atomic E-state index is 0.112. The van der Waals surface area contributed by atoms with Crippen molar-refractivity contribution in [2.45, 2.75) is 34.3 Å². The normalized spacial score (nSPS) is 12.0. The molecule has 5 aromatic carbocycles. The van der Waals surface area contributed by atoms with Crippen LogP contribution in [0.2, 0.25) is 0 Å². The first-order valence-electron chi connectivity index (χ1n) is 15.6. The lowest BCUT2D eigenvalue weighted by atomic mass is 9.92. The summed E-state index contributed by atoms with van der Waals surface area (Å²) >= 11 is 0. The highest BCUT2D eigenvalue weighted by atomic mass is 31.2. The van der Waals surface area contributed by atoms with Crippen LogP contribution in [0.4, 0.5) is 0 Å². The van der Waals surface area contributed by atoms with E-state index in [0.717, 1.165) is 27.1 Å². The van der Waals surface area contributed by atoms with Crippen LogP contribution in [0, 0.1) is 0 Å². The molecule has 0 N–H and O–H groups in total. The van der Waals surface area contributed by atoms with Crippen LogP contribution in [-0.2, 0) is 33.8 Å². The summed E-state index contributed by atoms with van der Waals surface area (Å²) in [6.07, 6.45) is 0. The van der Waals surface area contributed by atoms with Crippen molar-refractivity contribution in [1.82, 2.24) is 0 Å². The summed E-state index contributed by atoms with van der Waals surface area (Å²) in [5.41, 5.74) is 1.98. The Morgan fingerprint density at radius 2 is 1.19 bits per heavy atom. The van der Waals surface area contributed by atoms with E-state index < -0.39 is 15.4 Å². The van der Waals surface area contributed by atoms with Gasteiger partial charge in [0.25, 0.3) is 0 Å². The molecule has 0 aliphatic heterocycles. The van der Waals surface area contributed by atoms with Crippen LogP contribution in [0.1, 0.15) is 33.3 Å². The van der Waals surface area contributed by atoms with Crippen LogP contribution in [0.15, 0.2) is 91.0 Å². The lowest BCUT2D eigenvalue weighted by Crippen LogP contribution is -2.16. The summed E-state index contributed by atoms with van der Waals surface area (Å²) in [4.78, 5) is 0. The first-order valence-corrected chi connectivity index (χ1v) is 18.6. The van der Waals surface area contributed by atoms with Crippen molar-refractivity contribution in [2.24, 2.45) is 0 Å². The number of hydrogen-bond acceptors (Lipinski definition) is 9. The van der Waals surface area contributed by atoms with Crippen molar-refractivity contribution in [3.05, 3.63) is 96.6 Å². The number of fused-ring (bicyclic) bond motifs is 2. The van der Waals surface area contributed by atoms with Crippen molar-refractivity contribution in [2.75, 3.05) is 33.5 Å². The van der Waals surface area contributed by atoms with E-state index in [1.54, 1.807) is 46.9 Å². The van der Waals surface area contributed by atoms with Gasteiger partial charge < -0.3 is 23.0 Å². The second kappa shape index (κ2) is 15.5. The molecule has 11 heteroatoms. The molecule has 0 aromatic heterocycles. The molecular weight excluding hydrogens is 638 g/mol. The molecule has 0 aliphatic carbocycles. The van der Waals surface area contributed by atoms with Gasteiger partial charge in [0.15, 0.2) is 0 Å².